The zero-order valence-electron chi connectivity index (χ0n) is 7.55. The Hall–Kier alpha value is -1.20. The molecule has 0 saturated carbocycles. The van der Waals surface area contributed by atoms with E-state index in [-0.39, 0.29) is 11.8 Å². The minimum absolute atomic E-state index is 0.178. The highest BCUT2D eigenvalue weighted by Crippen LogP contribution is 2.23. The fourth-order valence-electron chi connectivity index (χ4n) is 1.00. The van der Waals surface area contributed by atoms with Crippen molar-refractivity contribution < 1.29 is 9.15 Å². The second-order valence-corrected chi connectivity index (χ2v) is 3.49. The summed E-state index contributed by atoms with van der Waals surface area (Å²) in [6, 6.07) is 7.17. The van der Waals surface area contributed by atoms with Crippen LogP contribution in [0.4, 0.5) is 0 Å². The van der Waals surface area contributed by atoms with E-state index in [1.807, 2.05) is 12.1 Å². The Balaban J connectivity index is 2.02. The third-order valence-electron chi connectivity index (χ3n) is 1.64. The quantitative estimate of drug-likeness (QED) is 0.841. The van der Waals surface area contributed by atoms with Gasteiger partial charge in [0.05, 0.1) is 5.02 Å². The Morgan fingerprint density at radius 3 is 2.80 bits per heavy atom. The zero-order chi connectivity index (χ0) is 10.7. The van der Waals surface area contributed by atoms with Gasteiger partial charge in [0.25, 0.3) is 11.1 Å². The molecule has 1 aromatic heterocycles. The number of nitrogens with zero attached hydrogens (tertiary/aromatic N) is 2. The standard InChI is InChI=1S/C9H7ClN2O2S/c10-6-3-1-2-4-7(6)13-5-8-11-12-9(15)14-8/h1-4H,5H2,(H,12,15). The van der Waals surface area contributed by atoms with Gasteiger partial charge in [0.2, 0.25) is 0 Å². The Morgan fingerprint density at radius 2 is 2.13 bits per heavy atom. The van der Waals surface area contributed by atoms with Gasteiger partial charge in [0, 0.05) is 0 Å². The van der Waals surface area contributed by atoms with Crippen molar-refractivity contribution in [2.75, 3.05) is 0 Å². The van der Waals surface area contributed by atoms with Crippen molar-refractivity contribution >= 4 is 24.2 Å². The first-order chi connectivity index (χ1) is 7.25. The Labute approximate surface area is 96.6 Å². The summed E-state index contributed by atoms with van der Waals surface area (Å²) in [7, 11) is 0. The van der Waals surface area contributed by atoms with Crippen LogP contribution in [0.5, 0.6) is 5.75 Å². The van der Waals surface area contributed by atoms with Gasteiger partial charge in [-0.15, -0.1) is 10.2 Å². The highest BCUT2D eigenvalue weighted by molar-refractivity contribution is 7.80. The number of para-hydroxylation sites is 1. The molecule has 0 amide bonds. The van der Waals surface area contributed by atoms with Gasteiger partial charge in [-0.1, -0.05) is 36.4 Å². The number of ether oxygens (including phenoxy) is 1. The SMILES string of the molecule is Sc1nnc(COc2ccccc2Cl)o1. The summed E-state index contributed by atoms with van der Waals surface area (Å²) in [6.45, 7) is 0.178. The fraction of sp³-hybridized carbons (Fsp3) is 0.111. The monoisotopic (exact) mass is 242 g/mol. The Morgan fingerprint density at radius 1 is 1.33 bits per heavy atom. The van der Waals surface area contributed by atoms with Crippen molar-refractivity contribution in [3.8, 4) is 5.75 Å². The molecule has 4 nitrogen and oxygen atoms in total. The fourth-order valence-corrected chi connectivity index (χ4v) is 1.34. The highest BCUT2D eigenvalue weighted by Gasteiger charge is 2.05. The molecular weight excluding hydrogens is 236 g/mol. The minimum Gasteiger partial charge on any atom is -0.482 e. The maximum Gasteiger partial charge on any atom is 0.273 e. The summed E-state index contributed by atoms with van der Waals surface area (Å²) >= 11 is 9.77. The van der Waals surface area contributed by atoms with Gasteiger partial charge in [-0.25, -0.2) is 0 Å². The van der Waals surface area contributed by atoms with Crippen LogP contribution in [0.3, 0.4) is 0 Å². The molecule has 0 spiro atoms. The third kappa shape index (κ3) is 2.64. The van der Waals surface area contributed by atoms with Crippen molar-refractivity contribution in [1.29, 1.82) is 0 Å². The first kappa shape index (κ1) is 10.3. The van der Waals surface area contributed by atoms with Crippen LogP contribution in [0.25, 0.3) is 0 Å². The van der Waals surface area contributed by atoms with E-state index in [1.54, 1.807) is 12.1 Å². The molecule has 2 rings (SSSR count). The van der Waals surface area contributed by atoms with Gasteiger partial charge in [0.15, 0.2) is 6.61 Å². The average Bonchev–Trinajstić information content (AvgIpc) is 2.63. The van der Waals surface area contributed by atoms with Crippen LogP contribution in [0.1, 0.15) is 5.89 Å². The number of halogens is 1. The summed E-state index contributed by atoms with van der Waals surface area (Å²) in [5, 5.41) is 8.05. The normalized spacial score (nSPS) is 10.3. The lowest BCUT2D eigenvalue weighted by Crippen LogP contribution is -1.95. The van der Waals surface area contributed by atoms with E-state index in [2.05, 4.69) is 22.8 Å². The second-order valence-electron chi connectivity index (χ2n) is 2.70. The van der Waals surface area contributed by atoms with Crippen LogP contribution in [0.2, 0.25) is 5.02 Å². The van der Waals surface area contributed by atoms with E-state index in [1.165, 1.54) is 0 Å². The van der Waals surface area contributed by atoms with Gasteiger partial charge in [0.1, 0.15) is 5.75 Å². The molecule has 78 valence electrons. The molecule has 0 saturated heterocycles. The average molecular weight is 243 g/mol. The summed E-state index contributed by atoms with van der Waals surface area (Å²) < 4.78 is 10.4. The smallest absolute Gasteiger partial charge is 0.273 e. The van der Waals surface area contributed by atoms with Crippen molar-refractivity contribution in [3.05, 3.63) is 35.2 Å². The molecule has 0 fully saturated rings. The minimum atomic E-state index is 0.178. The zero-order valence-corrected chi connectivity index (χ0v) is 9.20. The van der Waals surface area contributed by atoms with E-state index in [0.29, 0.717) is 16.7 Å². The first-order valence-corrected chi connectivity index (χ1v) is 4.97. The van der Waals surface area contributed by atoms with Crippen molar-refractivity contribution in [2.24, 2.45) is 0 Å². The number of benzene rings is 1. The van der Waals surface area contributed by atoms with E-state index in [9.17, 15) is 0 Å². The molecule has 2 aromatic rings. The maximum atomic E-state index is 5.89. The van der Waals surface area contributed by atoms with Gasteiger partial charge < -0.3 is 9.15 Å². The van der Waals surface area contributed by atoms with Crippen molar-refractivity contribution in [3.63, 3.8) is 0 Å². The lowest BCUT2D eigenvalue weighted by atomic mass is 10.3. The molecule has 0 unspecified atom stereocenters. The van der Waals surface area contributed by atoms with E-state index >= 15 is 0 Å². The third-order valence-corrected chi connectivity index (χ3v) is 2.14. The number of rotatable bonds is 3. The van der Waals surface area contributed by atoms with Crippen molar-refractivity contribution in [1.82, 2.24) is 10.2 Å². The molecule has 0 aliphatic rings. The molecular formula is C9H7ClN2O2S. The number of aromatic nitrogens is 2. The predicted octanol–water partition coefficient (Wildman–Crippen LogP) is 2.59. The molecule has 0 N–H and O–H groups in total. The van der Waals surface area contributed by atoms with Crippen LogP contribution in [0.15, 0.2) is 33.9 Å². The summed E-state index contributed by atoms with van der Waals surface area (Å²) in [6.07, 6.45) is 0. The summed E-state index contributed by atoms with van der Waals surface area (Å²) in [5.74, 6) is 0.943. The highest BCUT2D eigenvalue weighted by atomic mass is 35.5. The molecule has 0 aliphatic carbocycles. The molecule has 0 atom stereocenters. The topological polar surface area (TPSA) is 48.2 Å². The number of hydrogen-bond donors (Lipinski definition) is 1. The molecule has 0 radical (unpaired) electrons. The van der Waals surface area contributed by atoms with E-state index < -0.39 is 0 Å². The van der Waals surface area contributed by atoms with E-state index in [0.717, 1.165) is 0 Å². The van der Waals surface area contributed by atoms with Gasteiger partial charge in [-0.2, -0.15) is 0 Å². The van der Waals surface area contributed by atoms with Gasteiger partial charge in [-0.3, -0.25) is 0 Å². The molecule has 1 heterocycles. The number of hydrogen-bond acceptors (Lipinski definition) is 5. The first-order valence-electron chi connectivity index (χ1n) is 4.14. The van der Waals surface area contributed by atoms with E-state index in [4.69, 9.17) is 20.8 Å². The largest absolute Gasteiger partial charge is 0.482 e. The lowest BCUT2D eigenvalue weighted by molar-refractivity contribution is 0.252. The van der Waals surface area contributed by atoms with Crippen molar-refractivity contribution in [2.45, 2.75) is 11.8 Å². The molecule has 0 bridgehead atoms. The number of thiol groups is 1. The lowest BCUT2D eigenvalue weighted by Gasteiger charge is -2.04. The maximum absolute atomic E-state index is 5.89. The van der Waals surface area contributed by atoms with Crippen LogP contribution in [0, 0.1) is 0 Å². The van der Waals surface area contributed by atoms with Gasteiger partial charge in [-0.05, 0) is 12.1 Å². The summed E-state index contributed by atoms with van der Waals surface area (Å²) in [4.78, 5) is 0. The molecule has 15 heavy (non-hydrogen) atoms. The van der Waals surface area contributed by atoms with Crippen LogP contribution < -0.4 is 4.74 Å². The summed E-state index contributed by atoms with van der Waals surface area (Å²) in [5.41, 5.74) is 0. The van der Waals surface area contributed by atoms with Gasteiger partial charge >= 0.3 is 0 Å². The van der Waals surface area contributed by atoms with Crippen LogP contribution in [-0.2, 0) is 6.61 Å². The molecule has 0 aliphatic heterocycles. The molecule has 1 aromatic carbocycles. The second kappa shape index (κ2) is 4.55. The Kier molecular flexibility index (Phi) is 3.13. The van der Waals surface area contributed by atoms with Crippen LogP contribution in [-0.4, -0.2) is 10.2 Å². The molecule has 6 heteroatoms. The Bertz CT molecular complexity index is 461. The van der Waals surface area contributed by atoms with Crippen LogP contribution >= 0.6 is 24.2 Å². The predicted molar refractivity (Wildman–Crippen MR) is 57.3 cm³/mol.